The van der Waals surface area contributed by atoms with Crippen molar-refractivity contribution in [2.24, 2.45) is 0 Å². The Kier molecular flexibility index (Phi) is 6.27. The highest BCUT2D eigenvalue weighted by Crippen LogP contribution is 2.22. The maximum Gasteiger partial charge on any atom is 0.261 e. The number of nitrogens with one attached hydrogen (secondary N) is 1. The molecule has 0 fully saturated rings. The second-order valence-corrected chi connectivity index (χ2v) is 6.79. The topological polar surface area (TPSA) is 54.5 Å². The van der Waals surface area contributed by atoms with Crippen molar-refractivity contribution in [1.29, 1.82) is 0 Å². The molecule has 1 N–H and O–H groups in total. The molecule has 1 heterocycles. The van der Waals surface area contributed by atoms with Crippen LogP contribution in [0.15, 0.2) is 72.9 Å². The van der Waals surface area contributed by atoms with Crippen LogP contribution in [0.25, 0.3) is 11.1 Å². The minimum Gasteiger partial charge on any atom is -0.481 e. The minimum atomic E-state index is -0.585. The number of ether oxygens (including phenoxy) is 1. The summed E-state index contributed by atoms with van der Waals surface area (Å²) in [6.07, 6.45) is 1.16. The minimum absolute atomic E-state index is 0.157. The molecule has 5 heteroatoms. The molecule has 0 spiro atoms. The lowest BCUT2D eigenvalue weighted by Gasteiger charge is -2.16. The number of nitrogens with zero attached hydrogens (tertiary/aromatic N) is 2. The van der Waals surface area contributed by atoms with Crippen LogP contribution in [0.1, 0.15) is 12.5 Å². The van der Waals surface area contributed by atoms with Gasteiger partial charge in [-0.25, -0.2) is 4.98 Å². The first-order chi connectivity index (χ1) is 13.5. The summed E-state index contributed by atoms with van der Waals surface area (Å²) in [6.45, 7) is 2.18. The lowest BCUT2D eigenvalue weighted by Crippen LogP contribution is -2.35. The number of carbonyl (C=O) groups is 1. The second-order valence-electron chi connectivity index (χ2n) is 6.79. The van der Waals surface area contributed by atoms with Gasteiger partial charge in [0, 0.05) is 26.8 Å². The Morgan fingerprint density at radius 3 is 2.39 bits per heavy atom. The van der Waals surface area contributed by atoms with E-state index >= 15 is 0 Å². The molecular formula is C23H25N3O2. The predicted octanol–water partition coefficient (Wildman–Crippen LogP) is 3.90. The summed E-state index contributed by atoms with van der Waals surface area (Å²) in [5.41, 5.74) is 3.25. The third-order valence-corrected chi connectivity index (χ3v) is 4.38. The average Bonchev–Trinajstić information content (AvgIpc) is 2.73. The van der Waals surface area contributed by atoms with E-state index < -0.39 is 6.10 Å². The highest BCUT2D eigenvalue weighted by atomic mass is 16.5. The van der Waals surface area contributed by atoms with Crippen LogP contribution in [-0.2, 0) is 11.3 Å². The molecule has 3 rings (SSSR count). The van der Waals surface area contributed by atoms with Crippen molar-refractivity contribution in [2.75, 3.05) is 19.0 Å². The zero-order valence-corrected chi connectivity index (χ0v) is 16.4. The number of hydrogen-bond donors (Lipinski definition) is 1. The van der Waals surface area contributed by atoms with Crippen molar-refractivity contribution >= 4 is 11.7 Å². The zero-order chi connectivity index (χ0) is 19.9. The molecule has 0 saturated carbocycles. The van der Waals surface area contributed by atoms with Crippen LogP contribution in [0.3, 0.4) is 0 Å². The molecule has 0 saturated heterocycles. The smallest absolute Gasteiger partial charge is 0.261 e. The quantitative estimate of drug-likeness (QED) is 0.681. The van der Waals surface area contributed by atoms with Gasteiger partial charge in [0.25, 0.3) is 5.91 Å². The molecule has 5 nitrogen and oxygen atoms in total. The van der Waals surface area contributed by atoms with Gasteiger partial charge in [-0.2, -0.15) is 0 Å². The molecule has 1 atom stereocenters. The molecule has 3 aromatic rings. The van der Waals surface area contributed by atoms with Gasteiger partial charge < -0.3 is 15.0 Å². The SMILES string of the molecule is CC(Oc1ccc(-c2ccccc2)cc1)C(=O)NCc1ccnc(N(C)C)c1. The number of aromatic nitrogens is 1. The maximum absolute atomic E-state index is 12.4. The number of hydrogen-bond acceptors (Lipinski definition) is 4. The van der Waals surface area contributed by atoms with Crippen molar-refractivity contribution in [1.82, 2.24) is 10.3 Å². The molecule has 1 unspecified atom stereocenters. The lowest BCUT2D eigenvalue weighted by atomic mass is 10.1. The van der Waals surface area contributed by atoms with Gasteiger partial charge in [-0.1, -0.05) is 42.5 Å². The molecule has 2 aromatic carbocycles. The Hall–Kier alpha value is -3.34. The summed E-state index contributed by atoms with van der Waals surface area (Å²) in [7, 11) is 3.87. The van der Waals surface area contributed by atoms with E-state index in [2.05, 4.69) is 22.4 Å². The van der Waals surface area contributed by atoms with E-state index in [1.807, 2.05) is 73.6 Å². The summed E-state index contributed by atoms with van der Waals surface area (Å²) in [5.74, 6) is 1.37. The summed E-state index contributed by atoms with van der Waals surface area (Å²) in [6, 6.07) is 21.7. The normalized spacial score (nSPS) is 11.5. The zero-order valence-electron chi connectivity index (χ0n) is 16.4. The first-order valence-electron chi connectivity index (χ1n) is 9.25. The fraction of sp³-hybridized carbons (Fsp3) is 0.217. The Balaban J connectivity index is 1.55. The van der Waals surface area contributed by atoms with Crippen molar-refractivity contribution < 1.29 is 9.53 Å². The van der Waals surface area contributed by atoms with Gasteiger partial charge in [0.05, 0.1) is 0 Å². The Labute approximate surface area is 166 Å². The van der Waals surface area contributed by atoms with E-state index in [0.29, 0.717) is 12.3 Å². The molecule has 0 aliphatic heterocycles. The van der Waals surface area contributed by atoms with E-state index in [9.17, 15) is 4.79 Å². The van der Waals surface area contributed by atoms with Crippen molar-refractivity contribution in [2.45, 2.75) is 19.6 Å². The third kappa shape index (κ3) is 5.10. The average molecular weight is 375 g/mol. The molecule has 28 heavy (non-hydrogen) atoms. The number of benzene rings is 2. The highest BCUT2D eigenvalue weighted by Gasteiger charge is 2.14. The largest absolute Gasteiger partial charge is 0.481 e. The number of rotatable bonds is 7. The molecular weight excluding hydrogens is 350 g/mol. The summed E-state index contributed by atoms with van der Waals surface area (Å²) in [4.78, 5) is 18.6. The highest BCUT2D eigenvalue weighted by molar-refractivity contribution is 5.80. The Morgan fingerprint density at radius 2 is 1.71 bits per heavy atom. The van der Waals surface area contributed by atoms with Crippen LogP contribution in [0.5, 0.6) is 5.75 Å². The van der Waals surface area contributed by atoms with E-state index in [-0.39, 0.29) is 5.91 Å². The van der Waals surface area contributed by atoms with Gasteiger partial charge in [0.15, 0.2) is 6.10 Å². The number of carbonyl (C=O) groups excluding carboxylic acids is 1. The maximum atomic E-state index is 12.4. The number of anilines is 1. The van der Waals surface area contributed by atoms with Gasteiger partial charge in [-0.15, -0.1) is 0 Å². The molecule has 144 valence electrons. The van der Waals surface area contributed by atoms with Crippen molar-refractivity contribution in [3.8, 4) is 16.9 Å². The van der Waals surface area contributed by atoms with E-state index in [1.54, 1.807) is 13.1 Å². The first kappa shape index (κ1) is 19.4. The lowest BCUT2D eigenvalue weighted by molar-refractivity contribution is -0.127. The molecule has 1 amide bonds. The molecule has 0 radical (unpaired) electrons. The monoisotopic (exact) mass is 375 g/mol. The van der Waals surface area contributed by atoms with Crippen LogP contribution in [-0.4, -0.2) is 31.1 Å². The number of pyridine rings is 1. The van der Waals surface area contributed by atoms with Crippen LogP contribution >= 0.6 is 0 Å². The molecule has 1 aromatic heterocycles. The standard InChI is InChI=1S/C23H25N3O2/c1-17(23(27)25-16-18-13-14-24-22(15-18)26(2)3)28-21-11-9-20(10-12-21)19-7-5-4-6-8-19/h4-15,17H,16H2,1-3H3,(H,25,27). The predicted molar refractivity (Wildman–Crippen MR) is 112 cm³/mol. The van der Waals surface area contributed by atoms with Gasteiger partial charge in [0.2, 0.25) is 0 Å². The second kappa shape index (κ2) is 9.04. The summed E-state index contributed by atoms with van der Waals surface area (Å²) in [5, 5.41) is 2.91. The van der Waals surface area contributed by atoms with E-state index in [1.165, 1.54) is 0 Å². The van der Waals surface area contributed by atoms with Crippen LogP contribution in [0, 0.1) is 0 Å². The summed E-state index contributed by atoms with van der Waals surface area (Å²) < 4.78 is 5.78. The van der Waals surface area contributed by atoms with E-state index in [4.69, 9.17) is 4.74 Å². The fourth-order valence-corrected chi connectivity index (χ4v) is 2.76. The van der Waals surface area contributed by atoms with E-state index in [0.717, 1.165) is 22.5 Å². The van der Waals surface area contributed by atoms with Gasteiger partial charge in [0.1, 0.15) is 11.6 Å². The van der Waals surface area contributed by atoms with Crippen molar-refractivity contribution in [3.05, 3.63) is 78.5 Å². The number of amides is 1. The Morgan fingerprint density at radius 1 is 1.04 bits per heavy atom. The third-order valence-electron chi connectivity index (χ3n) is 4.38. The Bertz CT molecular complexity index is 909. The fourth-order valence-electron chi connectivity index (χ4n) is 2.76. The van der Waals surface area contributed by atoms with Gasteiger partial charge in [-0.05, 0) is 47.9 Å². The molecule has 0 bridgehead atoms. The molecule has 0 aliphatic carbocycles. The van der Waals surface area contributed by atoms with Gasteiger partial charge in [-0.3, -0.25) is 4.79 Å². The molecule has 0 aliphatic rings. The first-order valence-corrected chi connectivity index (χ1v) is 9.25. The van der Waals surface area contributed by atoms with Crippen LogP contribution < -0.4 is 15.0 Å². The van der Waals surface area contributed by atoms with Crippen LogP contribution in [0.4, 0.5) is 5.82 Å². The van der Waals surface area contributed by atoms with Crippen LogP contribution in [0.2, 0.25) is 0 Å². The van der Waals surface area contributed by atoms with Crippen molar-refractivity contribution in [3.63, 3.8) is 0 Å². The summed E-state index contributed by atoms with van der Waals surface area (Å²) >= 11 is 0. The van der Waals surface area contributed by atoms with Gasteiger partial charge >= 0.3 is 0 Å².